The Morgan fingerprint density at radius 1 is 1.33 bits per heavy atom. The lowest BCUT2D eigenvalue weighted by Crippen LogP contribution is -2.28. The fourth-order valence-corrected chi connectivity index (χ4v) is 2.37. The van der Waals surface area contributed by atoms with E-state index in [0.29, 0.717) is 0 Å². The molecule has 0 radical (unpaired) electrons. The SMILES string of the molecule is Cc1ccc(C(NN)c2ccsc2C)o1. The van der Waals surface area contributed by atoms with Gasteiger partial charge in [-0.1, -0.05) is 0 Å². The maximum atomic E-state index is 5.58. The van der Waals surface area contributed by atoms with Gasteiger partial charge in [-0.25, -0.2) is 5.43 Å². The van der Waals surface area contributed by atoms with Crippen molar-refractivity contribution in [2.75, 3.05) is 0 Å². The van der Waals surface area contributed by atoms with Crippen LogP contribution < -0.4 is 11.3 Å². The van der Waals surface area contributed by atoms with Gasteiger partial charge in [0.25, 0.3) is 0 Å². The molecule has 1 atom stereocenters. The molecule has 0 aliphatic rings. The number of nitrogens with one attached hydrogen (secondary N) is 1. The van der Waals surface area contributed by atoms with E-state index in [0.717, 1.165) is 11.5 Å². The van der Waals surface area contributed by atoms with Crippen LogP contribution in [0.3, 0.4) is 0 Å². The molecule has 2 heterocycles. The molecule has 0 aromatic carbocycles. The third-order valence-electron chi connectivity index (χ3n) is 2.42. The molecule has 3 N–H and O–H groups in total. The van der Waals surface area contributed by atoms with Gasteiger partial charge in [-0.2, -0.15) is 0 Å². The van der Waals surface area contributed by atoms with E-state index in [1.807, 2.05) is 19.1 Å². The van der Waals surface area contributed by atoms with Crippen molar-refractivity contribution in [2.24, 2.45) is 5.84 Å². The molecule has 2 aromatic heterocycles. The average Bonchev–Trinajstić information content (AvgIpc) is 2.79. The van der Waals surface area contributed by atoms with Gasteiger partial charge in [0, 0.05) is 4.88 Å². The molecule has 4 heteroatoms. The van der Waals surface area contributed by atoms with Crippen molar-refractivity contribution < 1.29 is 4.42 Å². The fourth-order valence-electron chi connectivity index (χ4n) is 1.63. The summed E-state index contributed by atoms with van der Waals surface area (Å²) in [6.07, 6.45) is 0. The molecule has 0 saturated carbocycles. The van der Waals surface area contributed by atoms with Crippen LogP contribution in [0.2, 0.25) is 0 Å². The van der Waals surface area contributed by atoms with Crippen LogP contribution in [-0.2, 0) is 0 Å². The monoisotopic (exact) mass is 222 g/mol. The van der Waals surface area contributed by atoms with Crippen molar-refractivity contribution in [3.63, 3.8) is 0 Å². The number of thiophene rings is 1. The highest BCUT2D eigenvalue weighted by molar-refractivity contribution is 7.10. The van der Waals surface area contributed by atoms with E-state index >= 15 is 0 Å². The Morgan fingerprint density at radius 2 is 2.13 bits per heavy atom. The zero-order valence-corrected chi connectivity index (χ0v) is 9.60. The highest BCUT2D eigenvalue weighted by atomic mass is 32.1. The molecule has 2 rings (SSSR count). The van der Waals surface area contributed by atoms with Crippen LogP contribution in [0.4, 0.5) is 0 Å². The van der Waals surface area contributed by atoms with Gasteiger partial charge in [0.1, 0.15) is 17.6 Å². The fraction of sp³-hybridized carbons (Fsp3) is 0.273. The quantitative estimate of drug-likeness (QED) is 0.619. The molecule has 0 fully saturated rings. The van der Waals surface area contributed by atoms with Gasteiger partial charge in [0.2, 0.25) is 0 Å². The van der Waals surface area contributed by atoms with E-state index in [-0.39, 0.29) is 6.04 Å². The zero-order valence-electron chi connectivity index (χ0n) is 8.78. The molecule has 0 bridgehead atoms. The van der Waals surface area contributed by atoms with Crippen LogP contribution in [0.1, 0.15) is 28.0 Å². The van der Waals surface area contributed by atoms with Crippen LogP contribution in [0.15, 0.2) is 28.0 Å². The van der Waals surface area contributed by atoms with Gasteiger partial charge in [0.05, 0.1) is 0 Å². The number of nitrogens with two attached hydrogens (primary N) is 1. The highest BCUT2D eigenvalue weighted by Gasteiger charge is 2.18. The summed E-state index contributed by atoms with van der Waals surface area (Å²) in [6, 6.07) is 5.92. The number of aryl methyl sites for hydroxylation is 2. The number of hydrogen-bond donors (Lipinski definition) is 2. The summed E-state index contributed by atoms with van der Waals surface area (Å²) < 4.78 is 5.58. The molecule has 2 aromatic rings. The summed E-state index contributed by atoms with van der Waals surface area (Å²) in [5.41, 5.74) is 3.97. The third kappa shape index (κ3) is 1.97. The van der Waals surface area contributed by atoms with E-state index in [1.54, 1.807) is 11.3 Å². The Hall–Kier alpha value is -1.10. The molecular formula is C11H14N2OS. The molecule has 80 valence electrons. The van der Waals surface area contributed by atoms with Crippen molar-refractivity contribution in [1.29, 1.82) is 0 Å². The smallest absolute Gasteiger partial charge is 0.126 e. The van der Waals surface area contributed by atoms with E-state index in [2.05, 4.69) is 23.8 Å². The maximum absolute atomic E-state index is 5.58. The number of furan rings is 1. The minimum absolute atomic E-state index is 0.0510. The van der Waals surface area contributed by atoms with Crippen molar-refractivity contribution in [3.8, 4) is 0 Å². The van der Waals surface area contributed by atoms with Crippen LogP contribution in [-0.4, -0.2) is 0 Å². The Balaban J connectivity index is 2.36. The van der Waals surface area contributed by atoms with Gasteiger partial charge in [0.15, 0.2) is 0 Å². The maximum Gasteiger partial charge on any atom is 0.126 e. The molecule has 15 heavy (non-hydrogen) atoms. The molecule has 0 spiro atoms. The summed E-state index contributed by atoms with van der Waals surface area (Å²) in [7, 11) is 0. The average molecular weight is 222 g/mol. The first-order valence-corrected chi connectivity index (χ1v) is 5.67. The third-order valence-corrected chi connectivity index (χ3v) is 3.28. The first-order chi connectivity index (χ1) is 7.22. The van der Waals surface area contributed by atoms with Crippen molar-refractivity contribution in [2.45, 2.75) is 19.9 Å². The van der Waals surface area contributed by atoms with Crippen LogP contribution >= 0.6 is 11.3 Å². The largest absolute Gasteiger partial charge is 0.464 e. The molecule has 0 saturated heterocycles. The second-order valence-corrected chi connectivity index (χ2v) is 4.60. The molecule has 1 unspecified atom stereocenters. The van der Waals surface area contributed by atoms with E-state index in [9.17, 15) is 0 Å². The second-order valence-electron chi connectivity index (χ2n) is 3.48. The van der Waals surface area contributed by atoms with Crippen molar-refractivity contribution in [3.05, 3.63) is 45.5 Å². The number of hydrazine groups is 1. The number of rotatable bonds is 3. The Bertz CT molecular complexity index is 447. The predicted molar refractivity (Wildman–Crippen MR) is 61.7 cm³/mol. The second kappa shape index (κ2) is 4.18. The normalized spacial score (nSPS) is 13.0. The van der Waals surface area contributed by atoms with Gasteiger partial charge in [-0.05, 0) is 43.0 Å². The molecule has 0 aliphatic heterocycles. The molecule has 0 amide bonds. The topological polar surface area (TPSA) is 51.2 Å². The molecular weight excluding hydrogens is 208 g/mol. The van der Waals surface area contributed by atoms with Crippen molar-refractivity contribution in [1.82, 2.24) is 5.43 Å². The zero-order chi connectivity index (χ0) is 10.8. The van der Waals surface area contributed by atoms with Gasteiger partial charge in [-0.3, -0.25) is 5.84 Å². The van der Waals surface area contributed by atoms with Gasteiger partial charge in [-0.15, -0.1) is 11.3 Å². The summed E-state index contributed by atoms with van der Waals surface area (Å²) >= 11 is 1.71. The van der Waals surface area contributed by atoms with E-state index < -0.39 is 0 Å². The standard InChI is InChI=1S/C11H14N2OS/c1-7-3-4-10(14-7)11(13-12)9-5-6-15-8(9)2/h3-6,11,13H,12H2,1-2H3. The lowest BCUT2D eigenvalue weighted by molar-refractivity contribution is 0.434. The summed E-state index contributed by atoms with van der Waals surface area (Å²) in [5, 5.41) is 2.06. The van der Waals surface area contributed by atoms with Crippen molar-refractivity contribution >= 4 is 11.3 Å². The Kier molecular flexibility index (Phi) is 2.90. The molecule has 0 aliphatic carbocycles. The number of hydrogen-bond acceptors (Lipinski definition) is 4. The lowest BCUT2D eigenvalue weighted by atomic mass is 10.1. The first kappa shape index (κ1) is 10.4. The summed E-state index contributed by atoms with van der Waals surface area (Å²) in [4.78, 5) is 1.26. The van der Waals surface area contributed by atoms with E-state index in [1.165, 1.54) is 10.4 Å². The van der Waals surface area contributed by atoms with Gasteiger partial charge < -0.3 is 4.42 Å². The Labute approximate surface area is 92.9 Å². The van der Waals surface area contributed by atoms with Crippen LogP contribution in [0.25, 0.3) is 0 Å². The summed E-state index contributed by atoms with van der Waals surface area (Å²) in [6.45, 7) is 4.01. The van der Waals surface area contributed by atoms with E-state index in [4.69, 9.17) is 10.3 Å². The van der Waals surface area contributed by atoms with Gasteiger partial charge >= 0.3 is 0 Å². The summed E-state index contributed by atoms with van der Waals surface area (Å²) in [5.74, 6) is 7.33. The highest BCUT2D eigenvalue weighted by Crippen LogP contribution is 2.28. The van der Waals surface area contributed by atoms with Crippen LogP contribution in [0, 0.1) is 13.8 Å². The minimum atomic E-state index is -0.0510. The lowest BCUT2D eigenvalue weighted by Gasteiger charge is -2.13. The predicted octanol–water partition coefficient (Wildman–Crippen LogP) is 2.51. The Morgan fingerprint density at radius 3 is 2.60 bits per heavy atom. The first-order valence-electron chi connectivity index (χ1n) is 4.79. The molecule has 3 nitrogen and oxygen atoms in total. The minimum Gasteiger partial charge on any atom is -0.464 e. The van der Waals surface area contributed by atoms with Crippen LogP contribution in [0.5, 0.6) is 0 Å².